The molecule has 2 aromatic rings. The van der Waals surface area contributed by atoms with Crippen molar-refractivity contribution in [2.75, 3.05) is 0 Å². The summed E-state index contributed by atoms with van der Waals surface area (Å²) in [6, 6.07) is 0. The molecule has 0 fully saturated rings. The number of halogens is 1. The third-order valence-corrected chi connectivity index (χ3v) is 4.00. The van der Waals surface area contributed by atoms with Gasteiger partial charge in [0.25, 0.3) is 0 Å². The number of hydrogen-bond acceptors (Lipinski definition) is 3. The van der Waals surface area contributed by atoms with Gasteiger partial charge in [-0.3, -0.25) is 14.2 Å². The van der Waals surface area contributed by atoms with Crippen LogP contribution >= 0.6 is 11.6 Å². The largest absolute Gasteiger partial charge is 0.294 e. The molecule has 0 aliphatic heterocycles. The minimum atomic E-state index is 0.0408. The van der Waals surface area contributed by atoms with Crippen LogP contribution in [0.25, 0.3) is 0 Å². The van der Waals surface area contributed by atoms with Gasteiger partial charge in [-0.1, -0.05) is 25.4 Å². The van der Waals surface area contributed by atoms with E-state index in [9.17, 15) is 4.79 Å². The number of ketones is 1. The van der Waals surface area contributed by atoms with Gasteiger partial charge in [-0.25, -0.2) is 0 Å². The number of aromatic nitrogens is 4. The van der Waals surface area contributed by atoms with Crippen LogP contribution in [0.4, 0.5) is 0 Å². The number of nitrogens with zero attached hydrogens (tertiary/aromatic N) is 4. The Hall–Kier alpha value is -1.62. The van der Waals surface area contributed by atoms with Gasteiger partial charge in [0, 0.05) is 19.8 Å². The zero-order chi connectivity index (χ0) is 15.6. The molecule has 0 amide bonds. The van der Waals surface area contributed by atoms with Crippen molar-refractivity contribution in [2.45, 2.75) is 46.6 Å². The van der Waals surface area contributed by atoms with E-state index in [1.165, 1.54) is 0 Å². The van der Waals surface area contributed by atoms with Crippen molar-refractivity contribution in [3.05, 3.63) is 33.9 Å². The molecule has 0 aliphatic rings. The Morgan fingerprint density at radius 1 is 1.19 bits per heavy atom. The molecule has 114 valence electrons. The Balaban J connectivity index is 2.33. The molecule has 0 saturated carbocycles. The molecule has 2 aromatic heterocycles. The van der Waals surface area contributed by atoms with Gasteiger partial charge >= 0.3 is 0 Å². The SMILES string of the molecule is CCc1nn(C)cc1C(=O)Cc1c(Cl)c(CC)nn1CC. The second kappa shape index (κ2) is 6.43. The maximum atomic E-state index is 12.6. The predicted octanol–water partition coefficient (Wildman–Crippen LogP) is 2.84. The van der Waals surface area contributed by atoms with Crippen LogP contribution in [-0.2, 0) is 32.9 Å². The highest BCUT2D eigenvalue weighted by atomic mass is 35.5. The first-order valence-corrected chi connectivity index (χ1v) is 7.69. The van der Waals surface area contributed by atoms with Gasteiger partial charge in [0.1, 0.15) is 0 Å². The average Bonchev–Trinajstić information content (AvgIpc) is 3.00. The molecule has 0 unspecified atom stereocenters. The van der Waals surface area contributed by atoms with E-state index in [1.54, 1.807) is 10.9 Å². The molecular formula is C15H21ClN4O. The molecule has 6 heteroatoms. The van der Waals surface area contributed by atoms with Gasteiger partial charge < -0.3 is 0 Å². The molecule has 0 saturated heterocycles. The highest BCUT2D eigenvalue weighted by Gasteiger charge is 2.21. The van der Waals surface area contributed by atoms with Crippen LogP contribution in [0, 0.1) is 0 Å². The fraction of sp³-hybridized carbons (Fsp3) is 0.533. The van der Waals surface area contributed by atoms with Crippen molar-refractivity contribution < 1.29 is 4.79 Å². The van der Waals surface area contributed by atoms with E-state index in [-0.39, 0.29) is 12.2 Å². The zero-order valence-electron chi connectivity index (χ0n) is 13.0. The predicted molar refractivity (Wildman–Crippen MR) is 82.9 cm³/mol. The van der Waals surface area contributed by atoms with E-state index in [0.717, 1.165) is 29.9 Å². The number of hydrogen-bond donors (Lipinski definition) is 0. The second-order valence-electron chi connectivity index (χ2n) is 4.99. The molecule has 21 heavy (non-hydrogen) atoms. The maximum Gasteiger partial charge on any atom is 0.172 e. The van der Waals surface area contributed by atoms with Crippen LogP contribution < -0.4 is 0 Å². The van der Waals surface area contributed by atoms with Crippen LogP contribution in [0.5, 0.6) is 0 Å². The number of carbonyl (C=O) groups is 1. The van der Waals surface area contributed by atoms with Crippen molar-refractivity contribution in [1.82, 2.24) is 19.6 Å². The highest BCUT2D eigenvalue weighted by Crippen LogP contribution is 2.23. The summed E-state index contributed by atoms with van der Waals surface area (Å²) in [7, 11) is 1.83. The van der Waals surface area contributed by atoms with Crippen molar-refractivity contribution in [1.29, 1.82) is 0 Å². The minimum absolute atomic E-state index is 0.0408. The van der Waals surface area contributed by atoms with E-state index in [4.69, 9.17) is 11.6 Å². The van der Waals surface area contributed by atoms with E-state index < -0.39 is 0 Å². The summed E-state index contributed by atoms with van der Waals surface area (Å²) in [6.07, 6.45) is 3.55. The Labute approximate surface area is 129 Å². The number of Topliss-reactive ketones (excluding diaryl/α,β-unsaturated/α-hetero) is 1. The van der Waals surface area contributed by atoms with Crippen LogP contribution in [0.3, 0.4) is 0 Å². The van der Waals surface area contributed by atoms with Crippen LogP contribution in [0.15, 0.2) is 6.20 Å². The highest BCUT2D eigenvalue weighted by molar-refractivity contribution is 6.32. The van der Waals surface area contributed by atoms with E-state index >= 15 is 0 Å². The molecule has 0 N–H and O–H groups in total. The summed E-state index contributed by atoms with van der Waals surface area (Å²) in [5.74, 6) is 0.0408. The Bertz CT molecular complexity index is 657. The third kappa shape index (κ3) is 3.02. The van der Waals surface area contributed by atoms with Gasteiger partial charge in [-0.15, -0.1) is 0 Å². The van der Waals surface area contributed by atoms with Crippen molar-refractivity contribution >= 4 is 17.4 Å². The third-order valence-electron chi connectivity index (χ3n) is 3.56. The number of carbonyl (C=O) groups excluding carboxylic acids is 1. The maximum absolute atomic E-state index is 12.6. The molecule has 0 aliphatic carbocycles. The second-order valence-corrected chi connectivity index (χ2v) is 5.37. The molecule has 0 atom stereocenters. The number of aryl methyl sites for hydroxylation is 4. The first-order valence-electron chi connectivity index (χ1n) is 7.31. The summed E-state index contributed by atoms with van der Waals surface area (Å²) >= 11 is 6.36. The van der Waals surface area contributed by atoms with E-state index in [2.05, 4.69) is 10.2 Å². The first kappa shape index (κ1) is 15.8. The average molecular weight is 309 g/mol. The summed E-state index contributed by atoms with van der Waals surface area (Å²) < 4.78 is 3.50. The molecule has 0 radical (unpaired) electrons. The zero-order valence-corrected chi connectivity index (χ0v) is 13.7. The molecule has 2 heterocycles. The van der Waals surface area contributed by atoms with Crippen LogP contribution in [-0.4, -0.2) is 25.3 Å². The monoisotopic (exact) mass is 308 g/mol. The summed E-state index contributed by atoms with van der Waals surface area (Å²) in [4.78, 5) is 12.6. The van der Waals surface area contributed by atoms with Crippen LogP contribution in [0.2, 0.25) is 5.02 Å². The molecule has 0 bridgehead atoms. The smallest absolute Gasteiger partial charge is 0.172 e. The molecule has 2 rings (SSSR count). The standard InChI is InChI=1S/C15H21ClN4O/c1-5-11-10(9-19(4)17-11)14(21)8-13-15(16)12(6-2)18-20(13)7-3/h9H,5-8H2,1-4H3. The lowest BCUT2D eigenvalue weighted by Crippen LogP contribution is -2.11. The van der Waals surface area contributed by atoms with Gasteiger partial charge in [-0.05, 0) is 19.8 Å². The summed E-state index contributed by atoms with van der Waals surface area (Å²) in [5.41, 5.74) is 3.16. The number of rotatable bonds is 6. The Kier molecular flexibility index (Phi) is 4.83. The summed E-state index contributed by atoms with van der Waals surface area (Å²) in [5, 5.41) is 9.39. The van der Waals surface area contributed by atoms with Gasteiger partial charge in [-0.2, -0.15) is 10.2 Å². The van der Waals surface area contributed by atoms with Gasteiger partial charge in [0.15, 0.2) is 5.78 Å². The van der Waals surface area contributed by atoms with Crippen molar-refractivity contribution in [2.24, 2.45) is 7.05 Å². The summed E-state index contributed by atoms with van der Waals surface area (Å²) in [6.45, 7) is 6.71. The Morgan fingerprint density at radius 3 is 2.43 bits per heavy atom. The van der Waals surface area contributed by atoms with Crippen LogP contribution in [0.1, 0.15) is 48.2 Å². The quantitative estimate of drug-likeness (QED) is 0.771. The fourth-order valence-corrected chi connectivity index (χ4v) is 2.80. The topological polar surface area (TPSA) is 52.7 Å². The van der Waals surface area contributed by atoms with E-state index in [1.807, 2.05) is 32.5 Å². The lowest BCUT2D eigenvalue weighted by molar-refractivity contribution is 0.0989. The van der Waals surface area contributed by atoms with Gasteiger partial charge in [0.2, 0.25) is 0 Å². The minimum Gasteiger partial charge on any atom is -0.294 e. The lowest BCUT2D eigenvalue weighted by Gasteiger charge is -2.04. The lowest BCUT2D eigenvalue weighted by atomic mass is 10.1. The molecule has 5 nitrogen and oxygen atoms in total. The molecule has 0 aromatic carbocycles. The molecular weight excluding hydrogens is 288 g/mol. The first-order chi connectivity index (χ1) is 10.0. The van der Waals surface area contributed by atoms with Crippen molar-refractivity contribution in [3.8, 4) is 0 Å². The Morgan fingerprint density at radius 2 is 1.86 bits per heavy atom. The normalized spacial score (nSPS) is 11.1. The van der Waals surface area contributed by atoms with Gasteiger partial charge in [0.05, 0.1) is 34.1 Å². The fourth-order valence-electron chi connectivity index (χ4n) is 2.46. The van der Waals surface area contributed by atoms with Crippen molar-refractivity contribution in [3.63, 3.8) is 0 Å². The van der Waals surface area contributed by atoms with E-state index in [0.29, 0.717) is 17.1 Å². The molecule has 0 spiro atoms.